The maximum atomic E-state index is 13.4. The summed E-state index contributed by atoms with van der Waals surface area (Å²) in [6.45, 7) is 0. The van der Waals surface area contributed by atoms with Gasteiger partial charge in [0.05, 0.1) is 5.56 Å². The molecule has 0 amide bonds. The van der Waals surface area contributed by atoms with Crippen molar-refractivity contribution in [1.29, 1.82) is 5.26 Å². The minimum Gasteiger partial charge on any atom is -0.247 e. The number of hydrogen-bond donors (Lipinski definition) is 1. The van der Waals surface area contributed by atoms with Crippen molar-refractivity contribution in [3.63, 3.8) is 0 Å². The number of aromatic nitrogens is 3. The molecule has 0 unspecified atom stereocenters. The quantitative estimate of drug-likeness (QED) is 0.546. The van der Waals surface area contributed by atoms with Crippen molar-refractivity contribution in [2.24, 2.45) is 0 Å². The molecule has 3 rings (SSSR count). The number of nitrogens with one attached hydrogen (secondary N) is 1. The van der Waals surface area contributed by atoms with Gasteiger partial charge in [0.2, 0.25) is 0 Å². The van der Waals surface area contributed by atoms with Crippen LogP contribution in [0.5, 0.6) is 0 Å². The van der Waals surface area contributed by atoms with E-state index in [1.807, 2.05) is 6.07 Å². The summed E-state index contributed by atoms with van der Waals surface area (Å²) >= 11 is 0. The van der Waals surface area contributed by atoms with Gasteiger partial charge in [0.15, 0.2) is 5.69 Å². The summed E-state index contributed by atoms with van der Waals surface area (Å²) in [4.78, 5) is 0. The lowest BCUT2D eigenvalue weighted by atomic mass is 10.0. The van der Waals surface area contributed by atoms with E-state index in [0.717, 1.165) is 12.1 Å². The van der Waals surface area contributed by atoms with Crippen molar-refractivity contribution in [1.82, 2.24) is 15.4 Å². The van der Waals surface area contributed by atoms with E-state index in [-0.39, 0.29) is 11.3 Å². The molecular formula is C18H10F4N4. The van der Waals surface area contributed by atoms with Crippen molar-refractivity contribution in [2.45, 2.75) is 6.18 Å². The van der Waals surface area contributed by atoms with Crippen molar-refractivity contribution in [3.8, 4) is 17.3 Å². The number of nitrogens with zero attached hydrogens (tertiary/aromatic N) is 3. The smallest absolute Gasteiger partial charge is 0.247 e. The zero-order valence-electron chi connectivity index (χ0n) is 13.0. The first kappa shape index (κ1) is 17.4. The molecule has 0 aliphatic heterocycles. The van der Waals surface area contributed by atoms with Crippen molar-refractivity contribution in [3.05, 3.63) is 70.7 Å². The maximum Gasteiger partial charge on any atom is 0.416 e. The molecule has 3 aromatic rings. The lowest BCUT2D eigenvalue weighted by Crippen LogP contribution is -2.05. The molecule has 0 saturated heterocycles. The number of rotatable bonds is 3. The van der Waals surface area contributed by atoms with Gasteiger partial charge in [-0.25, -0.2) is 9.49 Å². The van der Waals surface area contributed by atoms with Gasteiger partial charge >= 0.3 is 6.18 Å². The first-order valence-corrected chi connectivity index (χ1v) is 7.34. The third-order valence-corrected chi connectivity index (χ3v) is 3.54. The highest BCUT2D eigenvalue weighted by atomic mass is 19.4. The highest BCUT2D eigenvalue weighted by Crippen LogP contribution is 2.31. The number of alkyl halides is 3. The lowest BCUT2D eigenvalue weighted by Gasteiger charge is -2.07. The first-order chi connectivity index (χ1) is 12.4. The molecule has 8 heteroatoms. The largest absolute Gasteiger partial charge is 0.416 e. The van der Waals surface area contributed by atoms with E-state index in [1.165, 1.54) is 6.08 Å². The average molecular weight is 358 g/mol. The molecule has 4 nitrogen and oxygen atoms in total. The Hall–Kier alpha value is -3.47. The van der Waals surface area contributed by atoms with Crippen LogP contribution in [-0.4, -0.2) is 15.4 Å². The molecule has 1 N–H and O–H groups in total. The molecule has 0 aliphatic rings. The fourth-order valence-corrected chi connectivity index (χ4v) is 2.36. The summed E-state index contributed by atoms with van der Waals surface area (Å²) in [6, 6.07) is 11.1. The van der Waals surface area contributed by atoms with E-state index in [2.05, 4.69) is 15.4 Å². The predicted molar refractivity (Wildman–Crippen MR) is 86.9 cm³/mol. The number of aromatic amines is 1. The van der Waals surface area contributed by atoms with Crippen LogP contribution >= 0.6 is 0 Å². The van der Waals surface area contributed by atoms with Crippen LogP contribution in [0.1, 0.15) is 22.4 Å². The van der Waals surface area contributed by atoms with Gasteiger partial charge in [0.1, 0.15) is 17.6 Å². The Morgan fingerprint density at radius 2 is 1.81 bits per heavy atom. The second kappa shape index (κ2) is 6.80. The molecule has 2 aromatic carbocycles. The number of benzene rings is 2. The van der Waals surface area contributed by atoms with E-state index < -0.39 is 17.6 Å². The molecule has 0 atom stereocenters. The van der Waals surface area contributed by atoms with Gasteiger partial charge in [-0.15, -0.1) is 5.10 Å². The van der Waals surface area contributed by atoms with Gasteiger partial charge in [-0.2, -0.15) is 18.4 Å². The molecule has 0 spiro atoms. The van der Waals surface area contributed by atoms with Gasteiger partial charge < -0.3 is 0 Å². The Balaban J connectivity index is 1.92. The molecular weight excluding hydrogens is 348 g/mol. The molecule has 0 saturated carbocycles. The summed E-state index contributed by atoms with van der Waals surface area (Å²) < 4.78 is 51.7. The average Bonchev–Trinajstić information content (AvgIpc) is 3.08. The van der Waals surface area contributed by atoms with Crippen LogP contribution in [0.2, 0.25) is 0 Å². The van der Waals surface area contributed by atoms with Crippen LogP contribution in [0.4, 0.5) is 17.6 Å². The third kappa shape index (κ3) is 3.78. The molecule has 0 bridgehead atoms. The number of H-pyrrole nitrogens is 1. The van der Waals surface area contributed by atoms with E-state index in [9.17, 15) is 17.6 Å². The van der Waals surface area contributed by atoms with Crippen molar-refractivity contribution in [2.75, 3.05) is 0 Å². The molecule has 0 fully saturated rings. The zero-order valence-corrected chi connectivity index (χ0v) is 13.0. The Labute approximate surface area is 145 Å². The monoisotopic (exact) mass is 358 g/mol. The van der Waals surface area contributed by atoms with Crippen molar-refractivity contribution >= 4 is 12.2 Å². The minimum atomic E-state index is -4.62. The molecule has 1 aromatic heterocycles. The normalized spacial score (nSPS) is 11.7. The zero-order chi connectivity index (χ0) is 18.7. The highest BCUT2D eigenvalue weighted by molar-refractivity contribution is 5.74. The van der Waals surface area contributed by atoms with Crippen LogP contribution < -0.4 is 0 Å². The van der Waals surface area contributed by atoms with Gasteiger partial charge in [0, 0.05) is 5.56 Å². The summed E-state index contributed by atoms with van der Waals surface area (Å²) in [5.41, 5.74) is 0.868. The van der Waals surface area contributed by atoms with Gasteiger partial charge in [-0.05, 0) is 35.4 Å². The molecule has 0 radical (unpaired) electrons. The molecule has 130 valence electrons. The first-order valence-electron chi connectivity index (χ1n) is 7.34. The minimum absolute atomic E-state index is 0.0851. The second-order valence-electron chi connectivity index (χ2n) is 5.38. The fraction of sp³-hybridized carbons (Fsp3) is 0.0556. The summed E-state index contributed by atoms with van der Waals surface area (Å²) in [5, 5.41) is 18.9. The lowest BCUT2D eigenvalue weighted by molar-refractivity contribution is -0.137. The van der Waals surface area contributed by atoms with Crippen LogP contribution in [0, 0.1) is 17.1 Å². The Kier molecular flexibility index (Phi) is 4.54. The second-order valence-corrected chi connectivity index (χ2v) is 5.38. The van der Waals surface area contributed by atoms with E-state index in [0.29, 0.717) is 22.9 Å². The summed E-state index contributed by atoms with van der Waals surface area (Å²) in [7, 11) is 0. The SMILES string of the molecule is N#Cc1[nH]nnc1-c1cccc(/C=C/c2cc(F)cc(C(F)(F)F)c2)c1. The van der Waals surface area contributed by atoms with Crippen LogP contribution in [0.25, 0.3) is 23.4 Å². The van der Waals surface area contributed by atoms with E-state index in [1.54, 1.807) is 30.3 Å². The van der Waals surface area contributed by atoms with Crippen LogP contribution in [0.3, 0.4) is 0 Å². The Morgan fingerprint density at radius 3 is 2.54 bits per heavy atom. The molecule has 1 heterocycles. The van der Waals surface area contributed by atoms with Crippen LogP contribution in [0.15, 0.2) is 42.5 Å². The fourth-order valence-electron chi connectivity index (χ4n) is 2.36. The number of hydrogen-bond acceptors (Lipinski definition) is 3. The standard InChI is InChI=1S/C18H10F4N4/c19-15-8-12(7-14(9-15)18(20,21)22)5-4-11-2-1-3-13(6-11)17-16(10-23)24-26-25-17/h1-9H,(H,24,25,26)/b5-4+. The number of halogens is 4. The third-order valence-electron chi connectivity index (χ3n) is 3.54. The van der Waals surface area contributed by atoms with Crippen molar-refractivity contribution < 1.29 is 17.6 Å². The van der Waals surface area contributed by atoms with Gasteiger partial charge in [-0.1, -0.05) is 35.6 Å². The highest BCUT2D eigenvalue weighted by Gasteiger charge is 2.31. The van der Waals surface area contributed by atoms with E-state index in [4.69, 9.17) is 5.26 Å². The number of nitriles is 1. The summed E-state index contributed by atoms with van der Waals surface area (Å²) in [6.07, 6.45) is -1.69. The topological polar surface area (TPSA) is 65.4 Å². The predicted octanol–water partition coefficient (Wildman–Crippen LogP) is 4.67. The maximum absolute atomic E-state index is 13.4. The van der Waals surface area contributed by atoms with E-state index >= 15 is 0 Å². The van der Waals surface area contributed by atoms with Gasteiger partial charge in [0.25, 0.3) is 0 Å². The van der Waals surface area contributed by atoms with Gasteiger partial charge in [-0.3, -0.25) is 0 Å². The molecule has 0 aliphatic carbocycles. The van der Waals surface area contributed by atoms with Crippen LogP contribution in [-0.2, 0) is 6.18 Å². The Bertz CT molecular complexity index is 1010. The molecule has 26 heavy (non-hydrogen) atoms. The Morgan fingerprint density at radius 1 is 1.04 bits per heavy atom. The summed E-state index contributed by atoms with van der Waals surface area (Å²) in [5.74, 6) is -0.963.